The molecular weight excluding hydrogens is 432 g/mol. The molecule has 0 aromatic heterocycles. The average Bonchev–Trinajstić information content (AvgIpc) is 3.25. The van der Waals surface area contributed by atoms with Gasteiger partial charge in [0.1, 0.15) is 12.1 Å². The van der Waals surface area contributed by atoms with Gasteiger partial charge in [-0.2, -0.15) is 0 Å². The largest absolute Gasteiger partial charge is 0.480 e. The molecule has 6 N–H and O–H groups in total. The van der Waals surface area contributed by atoms with Gasteiger partial charge in [0.15, 0.2) is 0 Å². The molecule has 4 aliphatic rings. The van der Waals surface area contributed by atoms with Gasteiger partial charge in [0.25, 0.3) is 0 Å². The van der Waals surface area contributed by atoms with Crippen LogP contribution in [0.25, 0.3) is 0 Å². The number of aliphatic carboxylic acids is 2. The smallest absolute Gasteiger partial charge is 0.327 e. The van der Waals surface area contributed by atoms with Crippen LogP contribution in [0.5, 0.6) is 0 Å². The number of nitrogens with zero attached hydrogens (tertiary/aromatic N) is 2. The van der Waals surface area contributed by atoms with Crippen molar-refractivity contribution in [1.29, 1.82) is 0 Å². The summed E-state index contributed by atoms with van der Waals surface area (Å²) in [4.78, 5) is 48.6. The summed E-state index contributed by atoms with van der Waals surface area (Å²) in [7, 11) is 0. The Balaban J connectivity index is 0.000000171. The first-order valence-electron chi connectivity index (χ1n) is 10.1. The highest BCUT2D eigenvalue weighted by molar-refractivity contribution is 8.00. The number of rotatable bonds is 2. The minimum atomic E-state index is -0.924. The van der Waals surface area contributed by atoms with E-state index in [0.717, 1.165) is 25.7 Å². The normalized spacial score (nSPS) is 36.2. The van der Waals surface area contributed by atoms with E-state index >= 15 is 0 Å². The van der Waals surface area contributed by atoms with E-state index < -0.39 is 36.1 Å². The van der Waals surface area contributed by atoms with Crippen molar-refractivity contribution in [2.45, 2.75) is 73.4 Å². The summed E-state index contributed by atoms with van der Waals surface area (Å²) in [5.74, 6) is -1.28. The SMILES string of the molecule is NC1CCCC2SCC(C(=O)O)N2C1=O.N[C@H]1CCC[C@H]2SC[C@@H](C(=O)O)N2C1=O. The van der Waals surface area contributed by atoms with Crippen molar-refractivity contribution >= 4 is 47.3 Å². The fraction of sp³-hybridized carbons (Fsp3) is 0.778. The Labute approximate surface area is 183 Å². The van der Waals surface area contributed by atoms with Crippen LogP contribution in [0, 0.1) is 0 Å². The van der Waals surface area contributed by atoms with Gasteiger partial charge in [-0.3, -0.25) is 9.59 Å². The van der Waals surface area contributed by atoms with Gasteiger partial charge in [0.05, 0.1) is 22.8 Å². The highest BCUT2D eigenvalue weighted by atomic mass is 32.2. The first-order valence-corrected chi connectivity index (χ1v) is 12.2. The van der Waals surface area contributed by atoms with Crippen LogP contribution in [0.1, 0.15) is 38.5 Å². The Kier molecular flexibility index (Phi) is 7.53. The highest BCUT2D eigenvalue weighted by Gasteiger charge is 2.45. The number of hydrogen-bond donors (Lipinski definition) is 4. The van der Waals surface area contributed by atoms with Crippen molar-refractivity contribution in [3.05, 3.63) is 0 Å². The molecule has 4 heterocycles. The number of fused-ring (bicyclic) bond motifs is 2. The molecule has 3 unspecified atom stereocenters. The number of thioether (sulfide) groups is 2. The fourth-order valence-electron chi connectivity index (χ4n) is 4.20. The van der Waals surface area contributed by atoms with Crippen LogP contribution in [-0.2, 0) is 19.2 Å². The summed E-state index contributed by atoms with van der Waals surface area (Å²) in [5, 5.41) is 18.0. The average molecular weight is 461 g/mol. The first-order chi connectivity index (χ1) is 14.2. The molecule has 30 heavy (non-hydrogen) atoms. The zero-order valence-corrected chi connectivity index (χ0v) is 18.1. The molecule has 0 saturated carbocycles. The first kappa shape index (κ1) is 23.2. The second-order valence-corrected chi connectivity index (χ2v) is 10.3. The number of carbonyl (C=O) groups is 4. The van der Waals surface area contributed by atoms with Crippen LogP contribution < -0.4 is 11.5 Å². The van der Waals surface area contributed by atoms with Crippen LogP contribution in [-0.4, -0.2) is 90.2 Å². The lowest BCUT2D eigenvalue weighted by atomic mass is 10.1. The molecule has 2 amide bonds. The molecule has 10 nitrogen and oxygen atoms in total. The molecule has 6 atom stereocenters. The third kappa shape index (κ3) is 4.71. The molecule has 4 aliphatic heterocycles. The topological polar surface area (TPSA) is 167 Å². The minimum Gasteiger partial charge on any atom is -0.480 e. The van der Waals surface area contributed by atoms with Gasteiger partial charge in [-0.25, -0.2) is 9.59 Å². The van der Waals surface area contributed by atoms with Crippen LogP contribution >= 0.6 is 23.5 Å². The van der Waals surface area contributed by atoms with Gasteiger partial charge in [-0.05, 0) is 38.5 Å². The van der Waals surface area contributed by atoms with E-state index in [4.69, 9.17) is 21.7 Å². The third-order valence-electron chi connectivity index (χ3n) is 5.83. The minimum absolute atomic E-state index is 0.0205. The standard InChI is InChI=1S/2C9H14N2O3S/c2*10-5-2-1-3-7-11(8(5)12)6(4-15-7)9(13)14/h2*5-7H,1-4,10H2,(H,13,14)/t5-,6-,7+;/m0./s1. The maximum atomic E-state index is 11.9. The van der Waals surface area contributed by atoms with Crippen molar-refractivity contribution < 1.29 is 29.4 Å². The molecule has 0 spiro atoms. The van der Waals surface area contributed by atoms with E-state index in [1.807, 2.05) is 0 Å². The zero-order valence-electron chi connectivity index (χ0n) is 16.5. The van der Waals surface area contributed by atoms with Crippen molar-refractivity contribution in [2.75, 3.05) is 11.5 Å². The van der Waals surface area contributed by atoms with E-state index in [1.165, 1.54) is 9.80 Å². The van der Waals surface area contributed by atoms with Gasteiger partial charge in [-0.15, -0.1) is 23.5 Å². The summed E-state index contributed by atoms with van der Waals surface area (Å²) in [6.07, 6.45) is 4.83. The Bertz CT molecular complexity index is 652. The molecule has 0 bridgehead atoms. The maximum Gasteiger partial charge on any atom is 0.327 e. The third-order valence-corrected chi connectivity index (χ3v) is 8.54. The second-order valence-electron chi connectivity index (χ2n) is 7.85. The number of nitrogens with two attached hydrogens (primary N) is 2. The predicted octanol–water partition coefficient (Wildman–Crippen LogP) is -0.295. The van der Waals surface area contributed by atoms with E-state index in [-0.39, 0.29) is 22.6 Å². The molecule has 4 fully saturated rings. The summed E-state index contributed by atoms with van der Waals surface area (Å²) in [5.41, 5.74) is 11.4. The quantitative estimate of drug-likeness (QED) is 0.429. The van der Waals surface area contributed by atoms with Crippen LogP contribution in [0.3, 0.4) is 0 Å². The predicted molar refractivity (Wildman–Crippen MR) is 113 cm³/mol. The Morgan fingerprint density at radius 1 is 0.767 bits per heavy atom. The maximum absolute atomic E-state index is 11.9. The monoisotopic (exact) mass is 460 g/mol. The molecule has 0 aliphatic carbocycles. The summed E-state index contributed by atoms with van der Waals surface area (Å²) >= 11 is 3.10. The fourth-order valence-corrected chi connectivity index (χ4v) is 7.10. The Hall–Kier alpha value is -1.50. The summed E-state index contributed by atoms with van der Waals surface area (Å²) in [6, 6.07) is -2.40. The van der Waals surface area contributed by atoms with Gasteiger partial charge in [-0.1, -0.05) is 0 Å². The molecule has 4 saturated heterocycles. The van der Waals surface area contributed by atoms with Crippen molar-refractivity contribution in [3.63, 3.8) is 0 Å². The lowest BCUT2D eigenvalue weighted by Crippen LogP contribution is -2.50. The summed E-state index contributed by atoms with van der Waals surface area (Å²) < 4.78 is 0. The molecule has 0 aromatic rings. The number of carbonyl (C=O) groups excluding carboxylic acids is 2. The molecule has 0 radical (unpaired) electrons. The molecule has 0 aromatic carbocycles. The molecule has 4 rings (SSSR count). The molecule has 168 valence electrons. The van der Waals surface area contributed by atoms with Crippen LogP contribution in [0.15, 0.2) is 0 Å². The number of hydrogen-bond acceptors (Lipinski definition) is 8. The Morgan fingerprint density at radius 2 is 1.13 bits per heavy atom. The van der Waals surface area contributed by atoms with Crippen molar-refractivity contribution in [1.82, 2.24) is 9.80 Å². The highest BCUT2D eigenvalue weighted by Crippen LogP contribution is 2.36. The molecular formula is C18H28N4O6S2. The Morgan fingerprint density at radius 3 is 1.47 bits per heavy atom. The number of amides is 2. The van der Waals surface area contributed by atoms with Crippen LogP contribution in [0.4, 0.5) is 0 Å². The van der Waals surface area contributed by atoms with Crippen molar-refractivity contribution in [3.8, 4) is 0 Å². The van der Waals surface area contributed by atoms with E-state index in [9.17, 15) is 19.2 Å². The van der Waals surface area contributed by atoms with Crippen LogP contribution in [0.2, 0.25) is 0 Å². The van der Waals surface area contributed by atoms with E-state index in [2.05, 4.69) is 0 Å². The van der Waals surface area contributed by atoms with Crippen molar-refractivity contribution in [2.24, 2.45) is 11.5 Å². The molecule has 12 heteroatoms. The van der Waals surface area contributed by atoms with Gasteiger partial charge in [0.2, 0.25) is 11.8 Å². The lowest BCUT2D eigenvalue weighted by molar-refractivity contribution is -0.149. The van der Waals surface area contributed by atoms with Gasteiger partial charge < -0.3 is 31.5 Å². The summed E-state index contributed by atoms with van der Waals surface area (Å²) in [6.45, 7) is 0. The van der Waals surface area contributed by atoms with E-state index in [1.54, 1.807) is 23.5 Å². The second kappa shape index (κ2) is 9.75. The van der Waals surface area contributed by atoms with Gasteiger partial charge in [0, 0.05) is 11.5 Å². The zero-order chi connectivity index (χ0) is 22.0. The number of carboxylic acid groups (broad SMARTS) is 2. The van der Waals surface area contributed by atoms with Gasteiger partial charge >= 0.3 is 11.9 Å². The lowest BCUT2D eigenvalue weighted by Gasteiger charge is -2.26. The number of carboxylic acids is 2. The van der Waals surface area contributed by atoms with E-state index in [0.29, 0.717) is 24.3 Å².